The van der Waals surface area contributed by atoms with Crippen molar-refractivity contribution in [3.63, 3.8) is 0 Å². The second-order valence-electron chi connectivity index (χ2n) is 3.65. The molecule has 0 unspecified atom stereocenters. The predicted molar refractivity (Wildman–Crippen MR) is 52.7 cm³/mol. The molecule has 2 rings (SSSR count). The summed E-state index contributed by atoms with van der Waals surface area (Å²) in [6.07, 6.45) is 0. The van der Waals surface area contributed by atoms with Gasteiger partial charge in [0.25, 0.3) is 0 Å². The Labute approximate surface area is 87.2 Å². The third-order valence-corrected chi connectivity index (χ3v) is 2.35. The van der Waals surface area contributed by atoms with Crippen LogP contribution >= 0.6 is 11.6 Å². The average molecular weight is 215 g/mol. The van der Waals surface area contributed by atoms with Gasteiger partial charge in [-0.05, 0) is 11.6 Å². The molecule has 0 amide bonds. The third kappa shape index (κ3) is 1.53. The fourth-order valence-electron chi connectivity index (χ4n) is 1.41. The van der Waals surface area contributed by atoms with E-state index in [0.717, 1.165) is 0 Å². The summed E-state index contributed by atoms with van der Waals surface area (Å²) in [5, 5.41) is 9.49. The molecule has 1 aromatic rings. The number of hydrogen-bond acceptors (Lipinski definition) is 3. The van der Waals surface area contributed by atoms with Crippen LogP contribution in [0.25, 0.3) is 0 Å². The Morgan fingerprint density at radius 2 is 1.86 bits per heavy atom. The van der Waals surface area contributed by atoms with Crippen LogP contribution in [0.4, 0.5) is 0 Å². The molecule has 3 nitrogen and oxygen atoms in total. The van der Waals surface area contributed by atoms with Gasteiger partial charge in [-0.2, -0.15) is 0 Å². The number of aliphatic hydroxyl groups is 1. The summed E-state index contributed by atoms with van der Waals surface area (Å²) in [7, 11) is 0. The van der Waals surface area contributed by atoms with Gasteiger partial charge in [-0.15, -0.1) is 0 Å². The summed E-state index contributed by atoms with van der Waals surface area (Å²) in [4.78, 5) is 0. The lowest BCUT2D eigenvalue weighted by Crippen LogP contribution is -2.29. The van der Waals surface area contributed by atoms with E-state index >= 15 is 0 Å². The minimum atomic E-state index is -0.653. The molecule has 4 heteroatoms. The molecule has 0 aliphatic carbocycles. The zero-order valence-electron chi connectivity index (χ0n) is 8.00. The Hall–Kier alpha value is -0.930. The van der Waals surface area contributed by atoms with Gasteiger partial charge in [-0.25, -0.2) is 0 Å². The molecule has 1 N–H and O–H groups in total. The van der Waals surface area contributed by atoms with Crippen molar-refractivity contribution in [3.05, 3.63) is 22.7 Å². The van der Waals surface area contributed by atoms with Crippen molar-refractivity contribution >= 4 is 11.6 Å². The highest BCUT2D eigenvalue weighted by Crippen LogP contribution is 2.42. The van der Waals surface area contributed by atoms with Gasteiger partial charge in [-0.1, -0.05) is 11.6 Å². The summed E-state index contributed by atoms with van der Waals surface area (Å²) >= 11 is 5.91. The molecule has 0 atom stereocenters. The first-order chi connectivity index (χ1) is 6.52. The number of fused-ring (bicyclic) bond motifs is 1. The number of hydrogen-bond donors (Lipinski definition) is 1. The molecule has 14 heavy (non-hydrogen) atoms. The van der Waals surface area contributed by atoms with Gasteiger partial charge in [0, 0.05) is 19.9 Å². The monoisotopic (exact) mass is 214 g/mol. The van der Waals surface area contributed by atoms with Gasteiger partial charge in [0.05, 0.1) is 11.6 Å². The summed E-state index contributed by atoms with van der Waals surface area (Å²) in [6, 6.07) is 3.36. The second kappa shape index (κ2) is 3.04. The molecular formula is C10H11ClO3. The van der Waals surface area contributed by atoms with Gasteiger partial charge in [-0.3, -0.25) is 0 Å². The van der Waals surface area contributed by atoms with E-state index in [1.165, 1.54) is 0 Å². The number of ether oxygens (including phenoxy) is 2. The summed E-state index contributed by atoms with van der Waals surface area (Å²) < 4.78 is 11.0. The number of aliphatic hydroxyl groups excluding tert-OH is 1. The molecule has 1 aliphatic heterocycles. The van der Waals surface area contributed by atoms with Crippen LogP contribution < -0.4 is 9.47 Å². The normalized spacial score (nSPS) is 17.1. The van der Waals surface area contributed by atoms with Crippen molar-refractivity contribution in [1.82, 2.24) is 0 Å². The molecule has 0 aromatic heterocycles. The lowest BCUT2D eigenvalue weighted by molar-refractivity contribution is -0.0431. The van der Waals surface area contributed by atoms with E-state index in [1.54, 1.807) is 12.1 Å². The van der Waals surface area contributed by atoms with Crippen molar-refractivity contribution in [1.29, 1.82) is 0 Å². The first-order valence-corrected chi connectivity index (χ1v) is 4.71. The van der Waals surface area contributed by atoms with Crippen LogP contribution in [0.3, 0.4) is 0 Å². The largest absolute Gasteiger partial charge is 0.449 e. The molecule has 0 radical (unpaired) electrons. The van der Waals surface area contributed by atoms with Crippen LogP contribution in [-0.2, 0) is 6.61 Å². The maximum Gasteiger partial charge on any atom is 0.246 e. The SMILES string of the molecule is CC1(C)Oc2cc(Cl)c(CO)cc2O1. The molecule has 1 heterocycles. The van der Waals surface area contributed by atoms with Gasteiger partial charge in [0.15, 0.2) is 11.5 Å². The van der Waals surface area contributed by atoms with Crippen LogP contribution in [0.2, 0.25) is 5.02 Å². The van der Waals surface area contributed by atoms with E-state index < -0.39 is 5.79 Å². The van der Waals surface area contributed by atoms with Gasteiger partial charge < -0.3 is 14.6 Å². The van der Waals surface area contributed by atoms with E-state index in [9.17, 15) is 0 Å². The predicted octanol–water partition coefficient (Wildman–Crippen LogP) is 2.34. The molecular weight excluding hydrogens is 204 g/mol. The van der Waals surface area contributed by atoms with Crippen molar-refractivity contribution in [2.45, 2.75) is 26.2 Å². The maximum atomic E-state index is 9.00. The summed E-state index contributed by atoms with van der Waals surface area (Å²) in [5.74, 6) is 0.598. The van der Waals surface area contributed by atoms with Crippen molar-refractivity contribution < 1.29 is 14.6 Å². The van der Waals surface area contributed by atoms with Crippen LogP contribution in [0.1, 0.15) is 19.4 Å². The van der Waals surface area contributed by atoms with Crippen LogP contribution in [-0.4, -0.2) is 10.9 Å². The highest BCUT2D eigenvalue weighted by atomic mass is 35.5. The smallest absolute Gasteiger partial charge is 0.246 e. The van der Waals surface area contributed by atoms with Crippen molar-refractivity contribution in [2.75, 3.05) is 0 Å². The third-order valence-electron chi connectivity index (χ3n) is 1.99. The van der Waals surface area contributed by atoms with Crippen LogP contribution in [0.5, 0.6) is 11.5 Å². The quantitative estimate of drug-likeness (QED) is 0.780. The molecule has 1 aliphatic rings. The number of halogens is 1. The molecule has 0 fully saturated rings. The molecule has 1 aromatic carbocycles. The van der Waals surface area contributed by atoms with Crippen LogP contribution in [0.15, 0.2) is 12.1 Å². The minimum absolute atomic E-state index is 0.101. The molecule has 0 bridgehead atoms. The lowest BCUT2D eigenvalue weighted by Gasteiger charge is -2.16. The summed E-state index contributed by atoms with van der Waals surface area (Å²) in [5.41, 5.74) is 0.645. The topological polar surface area (TPSA) is 38.7 Å². The molecule has 0 saturated carbocycles. The number of rotatable bonds is 1. The van der Waals surface area contributed by atoms with Gasteiger partial charge in [0.2, 0.25) is 5.79 Å². The van der Waals surface area contributed by atoms with E-state index in [-0.39, 0.29) is 6.61 Å². The van der Waals surface area contributed by atoms with Gasteiger partial charge >= 0.3 is 0 Å². The average Bonchev–Trinajstić information content (AvgIpc) is 2.36. The van der Waals surface area contributed by atoms with Crippen LogP contribution in [0, 0.1) is 0 Å². The highest BCUT2D eigenvalue weighted by molar-refractivity contribution is 6.31. The lowest BCUT2D eigenvalue weighted by atomic mass is 10.2. The first kappa shape index (κ1) is 9.62. The highest BCUT2D eigenvalue weighted by Gasteiger charge is 2.32. The van der Waals surface area contributed by atoms with Gasteiger partial charge in [0.1, 0.15) is 0 Å². The Kier molecular flexibility index (Phi) is 2.09. The van der Waals surface area contributed by atoms with Crippen molar-refractivity contribution in [3.8, 4) is 11.5 Å². The van der Waals surface area contributed by atoms with E-state index in [2.05, 4.69) is 0 Å². The Morgan fingerprint density at radius 3 is 2.43 bits per heavy atom. The molecule has 76 valence electrons. The Bertz CT molecular complexity index is 374. The first-order valence-electron chi connectivity index (χ1n) is 4.33. The zero-order chi connectivity index (χ0) is 10.3. The van der Waals surface area contributed by atoms with E-state index in [0.29, 0.717) is 22.1 Å². The molecule has 0 saturated heterocycles. The Balaban J connectivity index is 2.44. The zero-order valence-corrected chi connectivity index (χ0v) is 8.76. The fraction of sp³-hybridized carbons (Fsp3) is 0.400. The molecule has 0 spiro atoms. The second-order valence-corrected chi connectivity index (χ2v) is 4.06. The van der Waals surface area contributed by atoms with E-state index in [4.69, 9.17) is 26.2 Å². The number of benzene rings is 1. The summed E-state index contributed by atoms with van der Waals surface area (Å²) in [6.45, 7) is 3.54. The fourth-order valence-corrected chi connectivity index (χ4v) is 1.62. The standard InChI is InChI=1S/C10H11ClO3/c1-10(2)13-8-3-6(5-12)7(11)4-9(8)14-10/h3-4,12H,5H2,1-2H3. The van der Waals surface area contributed by atoms with Crippen molar-refractivity contribution in [2.24, 2.45) is 0 Å². The Morgan fingerprint density at radius 1 is 1.29 bits per heavy atom. The minimum Gasteiger partial charge on any atom is -0.449 e. The maximum absolute atomic E-state index is 9.00. The van der Waals surface area contributed by atoms with E-state index in [1.807, 2.05) is 13.8 Å².